The summed E-state index contributed by atoms with van der Waals surface area (Å²) in [5.41, 5.74) is 6.48. The Bertz CT molecular complexity index is 953. The molecule has 0 spiro atoms. The molecule has 1 saturated heterocycles. The summed E-state index contributed by atoms with van der Waals surface area (Å²) in [4.78, 5) is 20.0. The van der Waals surface area contributed by atoms with Gasteiger partial charge in [0.05, 0.1) is 17.6 Å². The van der Waals surface area contributed by atoms with Crippen molar-refractivity contribution in [1.29, 1.82) is 5.41 Å². The molecular weight excluding hydrogens is 415 g/mol. The molecule has 1 aromatic carbocycles. The molecule has 2 heterocycles. The minimum absolute atomic E-state index is 0.252. The summed E-state index contributed by atoms with van der Waals surface area (Å²) < 4.78 is 25.7. The molecule has 0 saturated carbocycles. The quantitative estimate of drug-likeness (QED) is 0.480. The molecule has 1 aliphatic heterocycles. The highest BCUT2D eigenvalue weighted by atomic mass is 19.1. The minimum Gasteiger partial charge on any atom is -0.472 e. The summed E-state index contributed by atoms with van der Waals surface area (Å²) >= 11 is 0. The fourth-order valence-electron chi connectivity index (χ4n) is 3.35. The molecule has 1 aromatic heterocycles. The van der Waals surface area contributed by atoms with Crippen molar-refractivity contribution in [2.75, 3.05) is 36.0 Å². The molecule has 10 heteroatoms. The van der Waals surface area contributed by atoms with Crippen LogP contribution in [0, 0.1) is 11.2 Å². The predicted molar refractivity (Wildman–Crippen MR) is 121 cm³/mol. The topological polar surface area (TPSA) is 117 Å². The number of carbonyl (C=O) groups excluding carboxylic acids is 1. The third kappa shape index (κ3) is 6.22. The number of benzene rings is 1. The first-order valence-corrected chi connectivity index (χ1v) is 10.3. The second-order valence-corrected chi connectivity index (χ2v) is 8.41. The van der Waals surface area contributed by atoms with Crippen LogP contribution in [0.3, 0.4) is 0 Å². The van der Waals surface area contributed by atoms with Crippen molar-refractivity contribution in [2.45, 2.75) is 33.0 Å². The molecular formula is C22H29FN6O3. The van der Waals surface area contributed by atoms with Gasteiger partial charge in [-0.1, -0.05) is 12.1 Å². The Labute approximate surface area is 186 Å². The van der Waals surface area contributed by atoms with Crippen LogP contribution in [0.4, 0.5) is 20.6 Å². The Hall–Kier alpha value is -3.56. The van der Waals surface area contributed by atoms with Gasteiger partial charge in [0.15, 0.2) is 11.8 Å². The summed E-state index contributed by atoms with van der Waals surface area (Å²) in [6.07, 6.45) is 0.893. The van der Waals surface area contributed by atoms with Crippen LogP contribution in [0.5, 0.6) is 5.88 Å². The van der Waals surface area contributed by atoms with E-state index in [1.54, 1.807) is 24.4 Å². The number of anilines is 2. The smallest absolute Gasteiger partial charge is 0.414 e. The number of rotatable bonds is 5. The highest BCUT2D eigenvalue weighted by Gasteiger charge is 2.22. The molecule has 32 heavy (non-hydrogen) atoms. The van der Waals surface area contributed by atoms with Gasteiger partial charge in [0.25, 0.3) is 0 Å². The molecule has 0 aliphatic carbocycles. The number of halogens is 1. The monoisotopic (exact) mass is 444 g/mol. The predicted octanol–water partition coefficient (Wildman–Crippen LogP) is 2.84. The van der Waals surface area contributed by atoms with Crippen LogP contribution in [-0.2, 0) is 11.3 Å². The van der Waals surface area contributed by atoms with E-state index in [1.807, 2.05) is 43.1 Å². The lowest BCUT2D eigenvalue weighted by Gasteiger charge is -2.37. The number of pyridine rings is 1. The zero-order valence-corrected chi connectivity index (χ0v) is 18.5. The molecule has 1 fully saturated rings. The normalized spacial score (nSPS) is 14.1. The molecule has 4 N–H and O–H groups in total. The van der Waals surface area contributed by atoms with E-state index in [9.17, 15) is 4.79 Å². The fraction of sp³-hybridized carbons (Fsp3) is 0.409. The highest BCUT2D eigenvalue weighted by molar-refractivity contribution is 5.90. The van der Waals surface area contributed by atoms with E-state index in [0.29, 0.717) is 37.7 Å². The summed E-state index contributed by atoms with van der Waals surface area (Å²) in [6, 6.07) is 8.84. The minimum atomic E-state index is -0.900. The molecule has 9 nitrogen and oxygen atoms in total. The molecule has 3 rings (SSSR count). The number of nitrogens with two attached hydrogens (primary N) is 1. The molecule has 0 unspecified atom stereocenters. The first-order valence-electron chi connectivity index (χ1n) is 10.3. The van der Waals surface area contributed by atoms with Crippen molar-refractivity contribution in [2.24, 2.45) is 5.73 Å². The van der Waals surface area contributed by atoms with Crippen molar-refractivity contribution >= 4 is 23.4 Å². The van der Waals surface area contributed by atoms with Gasteiger partial charge in [-0.25, -0.2) is 14.2 Å². The van der Waals surface area contributed by atoms with E-state index in [0.717, 1.165) is 5.69 Å². The van der Waals surface area contributed by atoms with Gasteiger partial charge in [-0.15, -0.1) is 0 Å². The average molecular weight is 445 g/mol. The number of guanidine groups is 1. The van der Waals surface area contributed by atoms with Crippen molar-refractivity contribution in [3.8, 4) is 5.88 Å². The molecule has 1 aliphatic rings. The van der Waals surface area contributed by atoms with Crippen LogP contribution in [0.1, 0.15) is 26.3 Å². The Kier molecular flexibility index (Phi) is 7.01. The van der Waals surface area contributed by atoms with Gasteiger partial charge in [0.2, 0.25) is 5.88 Å². The number of amides is 1. The Morgan fingerprint density at radius 2 is 1.88 bits per heavy atom. The maximum atomic E-state index is 15.0. The SMILES string of the molecule is CC(C)(C)Oc1ccc(N2CCN(c3cccc(COC(=O)NC(=N)N)c3F)CC2)cn1. The number of nitrogens with one attached hydrogen (secondary N) is 2. The second kappa shape index (κ2) is 9.71. The summed E-state index contributed by atoms with van der Waals surface area (Å²) in [6.45, 7) is 8.35. The van der Waals surface area contributed by atoms with Crippen molar-refractivity contribution in [1.82, 2.24) is 10.3 Å². The molecule has 1 amide bonds. The van der Waals surface area contributed by atoms with Gasteiger partial charge >= 0.3 is 6.09 Å². The lowest BCUT2D eigenvalue weighted by molar-refractivity contribution is 0.124. The van der Waals surface area contributed by atoms with Crippen LogP contribution in [0.2, 0.25) is 0 Å². The average Bonchev–Trinajstić information content (AvgIpc) is 2.72. The maximum Gasteiger partial charge on any atom is 0.414 e. The number of alkyl carbamates (subject to hydrolysis) is 1. The summed E-state index contributed by atoms with van der Waals surface area (Å²) in [7, 11) is 0. The van der Waals surface area contributed by atoms with E-state index in [1.165, 1.54) is 0 Å². The standard InChI is InChI=1S/C22H29FN6O3/c1-22(2,3)32-18-8-7-16(13-26-18)28-9-11-29(12-10-28)17-6-4-5-15(19(17)23)14-31-21(30)27-20(24)25/h4-8,13H,9-12,14H2,1-3H3,(H4,24,25,27,30). The third-order valence-electron chi connectivity index (χ3n) is 4.77. The lowest BCUT2D eigenvalue weighted by Crippen LogP contribution is -2.47. The number of nitrogens with zero attached hydrogens (tertiary/aromatic N) is 3. The molecule has 0 atom stereocenters. The summed E-state index contributed by atoms with van der Waals surface area (Å²) in [5.74, 6) is -0.381. The van der Waals surface area contributed by atoms with Gasteiger partial charge in [-0.05, 0) is 32.9 Å². The Balaban J connectivity index is 1.59. The Morgan fingerprint density at radius 3 is 2.47 bits per heavy atom. The molecule has 2 aromatic rings. The third-order valence-corrected chi connectivity index (χ3v) is 4.77. The van der Waals surface area contributed by atoms with E-state index < -0.39 is 17.9 Å². The van der Waals surface area contributed by atoms with Crippen LogP contribution in [0.15, 0.2) is 36.5 Å². The van der Waals surface area contributed by atoms with Crippen LogP contribution < -0.4 is 25.6 Å². The van der Waals surface area contributed by atoms with Crippen LogP contribution in [-0.4, -0.2) is 48.8 Å². The van der Waals surface area contributed by atoms with Gasteiger partial charge in [-0.3, -0.25) is 10.7 Å². The van der Waals surface area contributed by atoms with E-state index >= 15 is 4.39 Å². The van der Waals surface area contributed by atoms with Gasteiger partial charge < -0.3 is 25.0 Å². The maximum absolute atomic E-state index is 15.0. The Morgan fingerprint density at radius 1 is 1.19 bits per heavy atom. The number of carbonyl (C=O) groups is 1. The number of piperazine rings is 1. The summed E-state index contributed by atoms with van der Waals surface area (Å²) in [5, 5.41) is 9.01. The first kappa shape index (κ1) is 23.1. The largest absolute Gasteiger partial charge is 0.472 e. The van der Waals surface area contributed by atoms with Crippen molar-refractivity contribution in [3.05, 3.63) is 47.9 Å². The highest BCUT2D eigenvalue weighted by Crippen LogP contribution is 2.26. The van der Waals surface area contributed by atoms with Crippen molar-refractivity contribution in [3.63, 3.8) is 0 Å². The van der Waals surface area contributed by atoms with Crippen LogP contribution >= 0.6 is 0 Å². The van der Waals surface area contributed by atoms with E-state index in [2.05, 4.69) is 9.88 Å². The number of hydrogen-bond acceptors (Lipinski definition) is 7. The molecule has 0 bridgehead atoms. The zero-order valence-electron chi connectivity index (χ0n) is 18.5. The van der Waals surface area contributed by atoms with Gasteiger partial charge in [0.1, 0.15) is 12.2 Å². The van der Waals surface area contributed by atoms with Crippen molar-refractivity contribution < 1.29 is 18.7 Å². The second-order valence-electron chi connectivity index (χ2n) is 8.41. The van der Waals surface area contributed by atoms with Gasteiger partial charge in [-0.2, -0.15) is 0 Å². The molecule has 0 radical (unpaired) electrons. The first-order chi connectivity index (χ1) is 15.1. The molecule has 172 valence electrons. The number of aromatic nitrogens is 1. The van der Waals surface area contributed by atoms with Crippen LogP contribution in [0.25, 0.3) is 0 Å². The van der Waals surface area contributed by atoms with Gasteiger partial charge in [0, 0.05) is 37.8 Å². The zero-order chi connectivity index (χ0) is 23.3. The fourth-order valence-corrected chi connectivity index (χ4v) is 3.35. The number of hydrogen-bond donors (Lipinski definition) is 3. The number of ether oxygens (including phenoxy) is 2. The van der Waals surface area contributed by atoms with E-state index in [-0.39, 0.29) is 17.8 Å². The lowest BCUT2D eigenvalue weighted by atomic mass is 10.1. The van der Waals surface area contributed by atoms with E-state index in [4.69, 9.17) is 20.6 Å².